The van der Waals surface area contributed by atoms with Crippen LogP contribution in [0.4, 0.5) is 0 Å². The van der Waals surface area contributed by atoms with Crippen molar-refractivity contribution in [3.8, 4) is 11.5 Å². The summed E-state index contributed by atoms with van der Waals surface area (Å²) in [6.45, 7) is 3.25. The fourth-order valence-electron chi connectivity index (χ4n) is 5.00. The number of hydrogen-bond donors (Lipinski definition) is 1. The number of likely N-dealkylation sites (N-methyl/N-ethyl adjacent to an activating group) is 1. The van der Waals surface area contributed by atoms with Crippen LogP contribution in [0.1, 0.15) is 24.5 Å². The van der Waals surface area contributed by atoms with Crippen LogP contribution in [0.25, 0.3) is 0 Å². The third kappa shape index (κ3) is 1.85. The quantitative estimate of drug-likeness (QED) is 0.810. The number of hydrogen-bond acceptors (Lipinski definition) is 3. The van der Waals surface area contributed by atoms with Crippen molar-refractivity contribution in [2.45, 2.75) is 31.2 Å². The van der Waals surface area contributed by atoms with E-state index < -0.39 is 0 Å². The van der Waals surface area contributed by atoms with Gasteiger partial charge in [-0.15, -0.1) is 0 Å². The van der Waals surface area contributed by atoms with Gasteiger partial charge in [0.25, 0.3) is 0 Å². The van der Waals surface area contributed by atoms with Crippen molar-refractivity contribution < 1.29 is 9.84 Å². The molecular weight excluding hydrogens is 354 g/mol. The normalized spacial score (nSPS) is 32.5. The molecule has 4 rings (SSSR count). The molecule has 1 heterocycles. The molecule has 0 spiro atoms. The summed E-state index contributed by atoms with van der Waals surface area (Å²) in [6.07, 6.45) is 6.37. The molecule has 0 aromatic heterocycles. The van der Waals surface area contributed by atoms with Crippen molar-refractivity contribution in [1.82, 2.24) is 4.90 Å². The maximum Gasteiger partial charge on any atom is 0.162 e. The van der Waals surface area contributed by atoms with Crippen molar-refractivity contribution in [3.63, 3.8) is 0 Å². The Morgan fingerprint density at radius 1 is 1.35 bits per heavy atom. The van der Waals surface area contributed by atoms with Crippen LogP contribution >= 0.6 is 15.9 Å². The molecule has 1 fully saturated rings. The second-order valence-corrected chi connectivity index (χ2v) is 7.92. The van der Waals surface area contributed by atoms with E-state index in [0.717, 1.165) is 24.9 Å². The summed E-state index contributed by atoms with van der Waals surface area (Å²) in [5.41, 5.74) is 3.56. The van der Waals surface area contributed by atoms with Crippen LogP contribution in [0.15, 0.2) is 34.3 Å². The van der Waals surface area contributed by atoms with E-state index >= 15 is 0 Å². The molecule has 1 N–H and O–H groups in total. The van der Waals surface area contributed by atoms with Gasteiger partial charge in [-0.2, -0.15) is 0 Å². The van der Waals surface area contributed by atoms with E-state index in [4.69, 9.17) is 4.74 Å². The molecule has 122 valence electrons. The number of piperidine rings is 1. The number of nitrogens with zero attached hydrogens (tertiary/aromatic N) is 1. The molecule has 0 radical (unpaired) electrons. The fourth-order valence-corrected chi connectivity index (χ4v) is 5.83. The lowest BCUT2D eigenvalue weighted by Crippen LogP contribution is -2.60. The summed E-state index contributed by atoms with van der Waals surface area (Å²) < 4.78 is 6.65. The summed E-state index contributed by atoms with van der Waals surface area (Å²) in [7, 11) is 3.84. The second-order valence-electron chi connectivity index (χ2n) is 7.00. The van der Waals surface area contributed by atoms with Gasteiger partial charge < -0.3 is 14.7 Å². The van der Waals surface area contributed by atoms with E-state index in [0.29, 0.717) is 23.5 Å². The summed E-state index contributed by atoms with van der Waals surface area (Å²) in [5, 5.41) is 10.9. The van der Waals surface area contributed by atoms with Gasteiger partial charge in [0.05, 0.1) is 7.11 Å². The van der Waals surface area contributed by atoms with E-state index in [1.165, 1.54) is 15.6 Å². The van der Waals surface area contributed by atoms with Crippen LogP contribution in [0.2, 0.25) is 0 Å². The minimum atomic E-state index is -0.128. The van der Waals surface area contributed by atoms with Gasteiger partial charge in [0.1, 0.15) is 0 Å². The second kappa shape index (κ2) is 5.12. The third-order valence-corrected chi connectivity index (χ3v) is 6.91. The highest BCUT2D eigenvalue weighted by Gasteiger charge is 2.56. The average molecular weight is 376 g/mol. The van der Waals surface area contributed by atoms with Crippen molar-refractivity contribution in [2.24, 2.45) is 5.92 Å². The molecule has 1 aliphatic heterocycles. The molecular formula is C19H22BrNO2. The minimum Gasteiger partial charge on any atom is -0.504 e. The number of methoxy groups -OCH3 is 1. The Bertz CT molecular complexity index is 739. The molecule has 1 aromatic rings. The number of aromatic hydroxyl groups is 1. The van der Waals surface area contributed by atoms with Gasteiger partial charge in [-0.05, 0) is 45.0 Å². The third-order valence-electron chi connectivity index (χ3n) is 6.16. The number of allylic oxidation sites excluding steroid dienone is 3. The smallest absolute Gasteiger partial charge is 0.162 e. The van der Waals surface area contributed by atoms with E-state index in [-0.39, 0.29) is 5.41 Å². The molecule has 0 amide bonds. The predicted molar refractivity (Wildman–Crippen MR) is 95.3 cm³/mol. The monoisotopic (exact) mass is 375 g/mol. The molecule has 1 saturated heterocycles. The number of benzene rings is 1. The van der Waals surface area contributed by atoms with Gasteiger partial charge in [0.2, 0.25) is 0 Å². The van der Waals surface area contributed by atoms with Gasteiger partial charge >= 0.3 is 0 Å². The Labute approximate surface area is 145 Å². The molecule has 1 aromatic carbocycles. The number of phenolic OH excluding ortho intramolecular Hbond substituents is 1. The van der Waals surface area contributed by atoms with Crippen LogP contribution in [-0.2, 0) is 11.8 Å². The highest BCUT2D eigenvalue weighted by Crippen LogP contribution is 2.60. The maximum absolute atomic E-state index is 10.9. The predicted octanol–water partition coefficient (Wildman–Crippen LogP) is 3.75. The van der Waals surface area contributed by atoms with Crippen LogP contribution in [0, 0.1) is 5.92 Å². The van der Waals surface area contributed by atoms with Crippen LogP contribution in [-0.4, -0.2) is 36.8 Å². The molecule has 3 aliphatic rings. The van der Waals surface area contributed by atoms with E-state index in [1.54, 1.807) is 7.11 Å². The largest absolute Gasteiger partial charge is 0.504 e. The first kappa shape index (κ1) is 15.3. The van der Waals surface area contributed by atoms with Gasteiger partial charge in [-0.3, -0.25) is 0 Å². The number of ether oxygens (including phenoxy) is 1. The average Bonchev–Trinajstić information content (AvgIpc) is 2.54. The Balaban J connectivity index is 2.04. The SMILES string of the molecule is COc1ccc2c(c1O)[C@@]13CCN(C)[C@@H](C2)[C@@H]1C(Br)=CC=C3C. The van der Waals surface area contributed by atoms with Crippen molar-refractivity contribution in [3.05, 3.63) is 45.5 Å². The number of rotatable bonds is 1. The molecule has 0 saturated carbocycles. The highest BCUT2D eigenvalue weighted by atomic mass is 79.9. The molecule has 2 bridgehead atoms. The first-order valence-electron chi connectivity index (χ1n) is 8.14. The summed E-state index contributed by atoms with van der Waals surface area (Å²) in [6, 6.07) is 4.49. The molecule has 0 unspecified atom stereocenters. The van der Waals surface area contributed by atoms with Crippen molar-refractivity contribution in [2.75, 3.05) is 20.7 Å². The van der Waals surface area contributed by atoms with Gasteiger partial charge in [0.15, 0.2) is 11.5 Å². The van der Waals surface area contributed by atoms with Crippen LogP contribution in [0.5, 0.6) is 11.5 Å². The summed E-state index contributed by atoms with van der Waals surface area (Å²) in [5.74, 6) is 1.26. The van der Waals surface area contributed by atoms with Crippen molar-refractivity contribution in [1.29, 1.82) is 0 Å². The minimum absolute atomic E-state index is 0.128. The highest BCUT2D eigenvalue weighted by molar-refractivity contribution is 9.11. The van der Waals surface area contributed by atoms with Gasteiger partial charge in [0, 0.05) is 27.4 Å². The molecule has 3 nitrogen and oxygen atoms in total. The zero-order valence-corrected chi connectivity index (χ0v) is 15.4. The molecule has 2 aliphatic carbocycles. The van der Waals surface area contributed by atoms with Gasteiger partial charge in [-0.1, -0.05) is 39.7 Å². The molecule has 23 heavy (non-hydrogen) atoms. The summed E-state index contributed by atoms with van der Waals surface area (Å²) >= 11 is 3.82. The zero-order valence-electron chi connectivity index (χ0n) is 13.8. The number of fused-ring (bicyclic) bond motifs is 1. The first-order valence-corrected chi connectivity index (χ1v) is 8.94. The molecule has 3 atom stereocenters. The van der Waals surface area contributed by atoms with E-state index in [1.807, 2.05) is 6.07 Å². The first-order chi connectivity index (χ1) is 11.0. The maximum atomic E-state index is 10.9. The number of likely N-dealkylation sites (tertiary alicyclic amines) is 1. The zero-order chi connectivity index (χ0) is 16.4. The summed E-state index contributed by atoms with van der Waals surface area (Å²) in [4.78, 5) is 2.47. The lowest BCUT2D eigenvalue weighted by molar-refractivity contribution is 0.0705. The van der Waals surface area contributed by atoms with Crippen LogP contribution < -0.4 is 4.74 Å². The van der Waals surface area contributed by atoms with E-state index in [9.17, 15) is 5.11 Å². The lowest BCUT2D eigenvalue weighted by atomic mass is 9.53. The Morgan fingerprint density at radius 3 is 2.87 bits per heavy atom. The number of halogens is 1. The van der Waals surface area contributed by atoms with Crippen LogP contribution in [0.3, 0.4) is 0 Å². The number of phenols is 1. The van der Waals surface area contributed by atoms with Gasteiger partial charge in [-0.25, -0.2) is 0 Å². The fraction of sp³-hybridized carbons (Fsp3) is 0.474. The standard InChI is InChI=1S/C19H22BrNO2/c1-11-4-6-13(20)17-14-10-12-5-7-15(23-3)18(22)16(12)19(11,17)8-9-21(14)2/h4-7,14,17,22H,8-10H2,1-3H3/t14-,17-,19-/m0/s1. The van der Waals surface area contributed by atoms with E-state index in [2.05, 4.69) is 53.0 Å². The molecule has 4 heteroatoms. The Morgan fingerprint density at radius 2 is 2.13 bits per heavy atom. The van der Waals surface area contributed by atoms with Crippen molar-refractivity contribution >= 4 is 15.9 Å². The topological polar surface area (TPSA) is 32.7 Å². The lowest BCUT2D eigenvalue weighted by Gasteiger charge is -2.58. The Kier molecular flexibility index (Phi) is 3.40. The Hall–Kier alpha value is -1.26.